The molecule has 0 fully saturated rings. The van der Waals surface area contributed by atoms with Crippen molar-refractivity contribution in [1.29, 1.82) is 0 Å². The van der Waals surface area contributed by atoms with Crippen LogP contribution in [-0.2, 0) is 10.0 Å². The van der Waals surface area contributed by atoms with Gasteiger partial charge in [-0.15, -0.1) is 0 Å². The van der Waals surface area contributed by atoms with Crippen molar-refractivity contribution in [2.24, 2.45) is 0 Å². The fraction of sp³-hybridized carbons (Fsp3) is 0.625. The van der Waals surface area contributed by atoms with Crippen molar-refractivity contribution in [2.75, 3.05) is 13.2 Å². The molecule has 0 saturated heterocycles. The molecule has 120 valence electrons. The molecule has 0 aliphatic carbocycles. The minimum Gasteiger partial charge on any atom is -0.396 e. The molecule has 0 amide bonds. The number of rotatable bonds is 7. The molecule has 1 aromatic rings. The number of sulfonamides is 1. The smallest absolute Gasteiger partial charge is 0.241 e. The molecule has 21 heavy (non-hydrogen) atoms. The molecule has 4 nitrogen and oxygen atoms in total. The second-order valence-corrected chi connectivity index (χ2v) is 7.34. The van der Waals surface area contributed by atoms with Crippen LogP contribution in [0.5, 0.6) is 0 Å². The summed E-state index contributed by atoms with van der Waals surface area (Å²) in [6, 6.07) is 0. The van der Waals surface area contributed by atoms with Gasteiger partial charge in [-0.05, 0) is 81.7 Å². The molecule has 0 atom stereocenters. The normalized spacial score (nSPS) is 11.9. The van der Waals surface area contributed by atoms with Gasteiger partial charge in [0.05, 0.1) is 4.90 Å². The Morgan fingerprint density at radius 2 is 1.29 bits per heavy atom. The van der Waals surface area contributed by atoms with E-state index in [1.807, 2.05) is 34.6 Å². The fourth-order valence-corrected chi connectivity index (χ4v) is 4.23. The van der Waals surface area contributed by atoms with E-state index in [1.165, 1.54) is 0 Å². The highest BCUT2D eigenvalue weighted by molar-refractivity contribution is 7.89. The molecule has 0 heterocycles. The van der Waals surface area contributed by atoms with E-state index in [1.54, 1.807) is 0 Å². The van der Waals surface area contributed by atoms with Crippen molar-refractivity contribution in [3.63, 3.8) is 0 Å². The van der Waals surface area contributed by atoms with Gasteiger partial charge in [-0.2, -0.15) is 0 Å². The van der Waals surface area contributed by atoms with Crippen LogP contribution in [-0.4, -0.2) is 26.7 Å². The molecule has 0 aliphatic rings. The van der Waals surface area contributed by atoms with Crippen LogP contribution in [0.25, 0.3) is 0 Å². The van der Waals surface area contributed by atoms with E-state index in [4.69, 9.17) is 5.11 Å². The molecule has 5 heteroatoms. The Morgan fingerprint density at radius 3 is 1.76 bits per heavy atom. The lowest BCUT2D eigenvalue weighted by Crippen LogP contribution is -2.27. The Morgan fingerprint density at radius 1 is 0.810 bits per heavy atom. The van der Waals surface area contributed by atoms with E-state index in [2.05, 4.69) is 4.72 Å². The number of hydrogen-bond acceptors (Lipinski definition) is 3. The van der Waals surface area contributed by atoms with E-state index in [9.17, 15) is 8.42 Å². The maximum absolute atomic E-state index is 12.6. The SMILES string of the molecule is Cc1c(C)c(C)c(S(=O)(=O)NCCCCCO)c(C)c1C. The summed E-state index contributed by atoms with van der Waals surface area (Å²) in [5.74, 6) is 0. The van der Waals surface area contributed by atoms with Gasteiger partial charge in [-0.3, -0.25) is 0 Å². The monoisotopic (exact) mass is 313 g/mol. The molecule has 0 bridgehead atoms. The zero-order chi connectivity index (χ0) is 16.2. The first-order chi connectivity index (χ1) is 9.74. The molecule has 1 rings (SSSR count). The highest BCUT2D eigenvalue weighted by Crippen LogP contribution is 2.29. The standard InChI is InChI=1S/C16H27NO3S/c1-11-12(2)14(4)16(15(5)13(11)3)21(19,20)17-9-7-6-8-10-18/h17-18H,6-10H2,1-5H3. The van der Waals surface area contributed by atoms with Crippen LogP contribution in [0.15, 0.2) is 4.90 Å². The fourth-order valence-electron chi connectivity index (χ4n) is 2.56. The van der Waals surface area contributed by atoms with Gasteiger partial charge in [0.1, 0.15) is 0 Å². The predicted octanol–water partition coefficient (Wildman–Crippen LogP) is 2.67. The largest absolute Gasteiger partial charge is 0.396 e. The summed E-state index contributed by atoms with van der Waals surface area (Å²) in [5.41, 5.74) is 4.90. The Hall–Kier alpha value is -0.910. The van der Waals surface area contributed by atoms with Crippen LogP contribution < -0.4 is 4.72 Å². The quantitative estimate of drug-likeness (QED) is 0.761. The highest BCUT2D eigenvalue weighted by Gasteiger charge is 2.22. The van der Waals surface area contributed by atoms with E-state index in [0.717, 1.165) is 40.7 Å². The average Bonchev–Trinajstić information content (AvgIpc) is 2.42. The minimum atomic E-state index is -3.48. The Labute approximate surface area is 128 Å². The van der Waals surface area contributed by atoms with E-state index in [-0.39, 0.29) is 6.61 Å². The van der Waals surface area contributed by atoms with Crippen molar-refractivity contribution in [3.05, 3.63) is 27.8 Å². The van der Waals surface area contributed by atoms with Crippen LogP contribution >= 0.6 is 0 Å². The minimum absolute atomic E-state index is 0.154. The molecule has 0 spiro atoms. The number of aliphatic hydroxyl groups excluding tert-OH is 1. The van der Waals surface area contributed by atoms with Crippen LogP contribution in [0.1, 0.15) is 47.1 Å². The summed E-state index contributed by atoms with van der Waals surface area (Å²) in [7, 11) is -3.48. The molecule has 2 N–H and O–H groups in total. The van der Waals surface area contributed by atoms with Gasteiger partial charge in [0.2, 0.25) is 10.0 Å². The predicted molar refractivity (Wildman–Crippen MR) is 86.3 cm³/mol. The number of aliphatic hydroxyl groups is 1. The summed E-state index contributed by atoms with van der Waals surface area (Å²) in [6.45, 7) is 10.3. The summed E-state index contributed by atoms with van der Waals surface area (Å²) >= 11 is 0. The molecule has 0 aromatic heterocycles. The third-order valence-electron chi connectivity index (χ3n) is 4.33. The maximum atomic E-state index is 12.6. The van der Waals surface area contributed by atoms with Gasteiger partial charge < -0.3 is 5.11 Å². The van der Waals surface area contributed by atoms with Gasteiger partial charge >= 0.3 is 0 Å². The Bertz CT molecular complexity index is 577. The molecule has 0 aliphatic heterocycles. The first-order valence-electron chi connectivity index (χ1n) is 7.41. The van der Waals surface area contributed by atoms with Crippen LogP contribution in [0.4, 0.5) is 0 Å². The van der Waals surface area contributed by atoms with Gasteiger partial charge in [-0.25, -0.2) is 13.1 Å². The summed E-state index contributed by atoms with van der Waals surface area (Å²) < 4.78 is 27.8. The lowest BCUT2D eigenvalue weighted by molar-refractivity contribution is 0.283. The summed E-state index contributed by atoms with van der Waals surface area (Å²) in [6.07, 6.45) is 2.27. The number of benzene rings is 1. The van der Waals surface area contributed by atoms with Crippen LogP contribution in [0, 0.1) is 34.6 Å². The zero-order valence-corrected chi connectivity index (χ0v) is 14.5. The second-order valence-electron chi connectivity index (χ2n) is 5.64. The van der Waals surface area contributed by atoms with Crippen molar-refractivity contribution in [3.8, 4) is 0 Å². The van der Waals surface area contributed by atoms with E-state index in [0.29, 0.717) is 17.9 Å². The van der Waals surface area contributed by atoms with Crippen LogP contribution in [0.2, 0.25) is 0 Å². The van der Waals surface area contributed by atoms with Crippen molar-refractivity contribution >= 4 is 10.0 Å². The van der Waals surface area contributed by atoms with Gasteiger partial charge in [0, 0.05) is 13.2 Å². The van der Waals surface area contributed by atoms with Gasteiger partial charge in [0.15, 0.2) is 0 Å². The first-order valence-corrected chi connectivity index (χ1v) is 8.89. The molecule has 0 saturated carbocycles. The highest BCUT2D eigenvalue weighted by atomic mass is 32.2. The lowest BCUT2D eigenvalue weighted by atomic mass is 9.95. The van der Waals surface area contributed by atoms with E-state index >= 15 is 0 Å². The molecular weight excluding hydrogens is 286 g/mol. The molecular formula is C16H27NO3S. The van der Waals surface area contributed by atoms with Crippen molar-refractivity contribution in [2.45, 2.75) is 58.8 Å². The molecule has 0 radical (unpaired) electrons. The Balaban J connectivity index is 3.04. The Kier molecular flexibility index (Phi) is 6.38. The topological polar surface area (TPSA) is 66.4 Å². The van der Waals surface area contributed by atoms with Crippen LogP contribution in [0.3, 0.4) is 0 Å². The summed E-state index contributed by atoms with van der Waals surface area (Å²) in [4.78, 5) is 0.422. The zero-order valence-electron chi connectivity index (χ0n) is 13.7. The third kappa shape index (κ3) is 4.05. The molecule has 1 aromatic carbocycles. The molecule has 0 unspecified atom stereocenters. The average molecular weight is 313 g/mol. The number of unbranched alkanes of at least 4 members (excludes halogenated alkanes) is 2. The third-order valence-corrected chi connectivity index (χ3v) is 6.06. The lowest BCUT2D eigenvalue weighted by Gasteiger charge is -2.19. The van der Waals surface area contributed by atoms with Gasteiger partial charge in [-0.1, -0.05) is 0 Å². The number of nitrogens with one attached hydrogen (secondary N) is 1. The van der Waals surface area contributed by atoms with Gasteiger partial charge in [0.25, 0.3) is 0 Å². The summed E-state index contributed by atoms with van der Waals surface area (Å²) in [5, 5.41) is 8.72. The van der Waals surface area contributed by atoms with E-state index < -0.39 is 10.0 Å². The van der Waals surface area contributed by atoms with Crippen molar-refractivity contribution < 1.29 is 13.5 Å². The second kappa shape index (κ2) is 7.38. The van der Waals surface area contributed by atoms with Crippen molar-refractivity contribution in [1.82, 2.24) is 4.72 Å². The number of hydrogen-bond donors (Lipinski definition) is 2. The first kappa shape index (κ1) is 18.1. The maximum Gasteiger partial charge on any atom is 0.241 e.